The number of carbonyl (C=O) groups excluding carboxylic acids is 1. The second kappa shape index (κ2) is 3.65. The van der Waals surface area contributed by atoms with Gasteiger partial charge in [0.15, 0.2) is 0 Å². The van der Waals surface area contributed by atoms with E-state index in [0.29, 0.717) is 17.1 Å². The smallest absolute Gasteiger partial charge is 0.149 e. The Bertz CT molecular complexity index is 220. The first kappa shape index (κ1) is 10.2. The fourth-order valence-electron chi connectivity index (χ4n) is 2.07. The summed E-state index contributed by atoms with van der Waals surface area (Å²) in [7, 11) is 0. The monoisotopic (exact) mass is 195 g/mol. The summed E-state index contributed by atoms with van der Waals surface area (Å²) in [6, 6.07) is 0. The molecule has 1 aliphatic heterocycles. The summed E-state index contributed by atoms with van der Waals surface area (Å²) < 4.78 is 0. The number of carbonyl (C=O) groups is 1. The average Bonchev–Trinajstić information content (AvgIpc) is 2.91. The minimum absolute atomic E-state index is 0.435. The largest absolute Gasteiger partial charge is 0.298 e. The van der Waals surface area contributed by atoms with Crippen LogP contribution < -0.4 is 0 Å². The maximum absolute atomic E-state index is 11.6. The normalized spacial score (nSPS) is 27.6. The Balaban J connectivity index is 1.75. The molecule has 2 fully saturated rings. The molecule has 1 saturated carbocycles. The molecule has 0 N–H and O–H groups in total. The molecule has 0 aromatic rings. The van der Waals surface area contributed by atoms with E-state index in [9.17, 15) is 4.79 Å². The van der Waals surface area contributed by atoms with Crippen LogP contribution in [0.15, 0.2) is 0 Å². The first-order chi connectivity index (χ1) is 6.57. The number of nitrogens with zero attached hydrogens (tertiary/aromatic N) is 1. The third kappa shape index (κ3) is 2.57. The molecule has 2 heteroatoms. The fraction of sp³-hybridized carbons (Fsp3) is 0.917. The summed E-state index contributed by atoms with van der Waals surface area (Å²) in [4.78, 5) is 13.9. The Hall–Kier alpha value is -0.370. The van der Waals surface area contributed by atoms with E-state index in [1.54, 1.807) is 0 Å². The standard InChI is InChI=1S/C12H21NO/c1-12(2)5-7-13(8-6-12)9-11(14)10-3-4-10/h10H,3-9H2,1-2H3. The second-order valence-electron chi connectivity index (χ2n) is 5.68. The lowest BCUT2D eigenvalue weighted by atomic mass is 9.82. The van der Waals surface area contributed by atoms with Crippen molar-refractivity contribution < 1.29 is 4.79 Å². The Morgan fingerprint density at radius 1 is 1.29 bits per heavy atom. The van der Waals surface area contributed by atoms with Gasteiger partial charge in [0.2, 0.25) is 0 Å². The van der Waals surface area contributed by atoms with E-state index >= 15 is 0 Å². The van der Waals surface area contributed by atoms with E-state index < -0.39 is 0 Å². The van der Waals surface area contributed by atoms with Gasteiger partial charge >= 0.3 is 0 Å². The Morgan fingerprint density at radius 2 is 1.86 bits per heavy atom. The predicted molar refractivity (Wildman–Crippen MR) is 57.2 cm³/mol. The minimum Gasteiger partial charge on any atom is -0.298 e. The third-order valence-corrected chi connectivity index (χ3v) is 3.62. The van der Waals surface area contributed by atoms with Gasteiger partial charge in [-0.05, 0) is 44.2 Å². The van der Waals surface area contributed by atoms with Gasteiger partial charge in [-0.3, -0.25) is 9.69 Å². The molecule has 2 rings (SSSR count). The molecule has 0 bridgehead atoms. The number of likely N-dealkylation sites (tertiary alicyclic amines) is 1. The van der Waals surface area contributed by atoms with E-state index in [0.717, 1.165) is 32.5 Å². The Labute approximate surface area is 86.7 Å². The van der Waals surface area contributed by atoms with Gasteiger partial charge in [-0.1, -0.05) is 13.8 Å². The zero-order valence-corrected chi connectivity index (χ0v) is 9.38. The molecule has 2 nitrogen and oxygen atoms in total. The topological polar surface area (TPSA) is 20.3 Å². The number of Topliss-reactive ketones (excluding diaryl/α,β-unsaturated/α-hetero) is 1. The number of ketones is 1. The summed E-state index contributed by atoms with van der Waals surface area (Å²) in [5.74, 6) is 0.926. The average molecular weight is 195 g/mol. The maximum atomic E-state index is 11.6. The summed E-state index contributed by atoms with van der Waals surface area (Å²) in [5, 5.41) is 0. The number of hydrogen-bond acceptors (Lipinski definition) is 2. The van der Waals surface area contributed by atoms with Crippen molar-refractivity contribution in [3.63, 3.8) is 0 Å². The van der Waals surface area contributed by atoms with E-state index in [-0.39, 0.29) is 0 Å². The summed E-state index contributed by atoms with van der Waals surface area (Å²) in [5.41, 5.74) is 0.499. The van der Waals surface area contributed by atoms with E-state index in [1.165, 1.54) is 12.8 Å². The van der Waals surface area contributed by atoms with Gasteiger partial charge in [0.25, 0.3) is 0 Å². The van der Waals surface area contributed by atoms with Crippen molar-refractivity contribution >= 4 is 5.78 Å². The van der Waals surface area contributed by atoms with Gasteiger partial charge < -0.3 is 0 Å². The zero-order chi connectivity index (χ0) is 10.2. The number of hydrogen-bond donors (Lipinski definition) is 0. The van der Waals surface area contributed by atoms with E-state index in [1.807, 2.05) is 0 Å². The van der Waals surface area contributed by atoms with Crippen LogP contribution in [0, 0.1) is 11.3 Å². The molecule has 0 radical (unpaired) electrons. The van der Waals surface area contributed by atoms with Crippen LogP contribution in [0.4, 0.5) is 0 Å². The van der Waals surface area contributed by atoms with Crippen molar-refractivity contribution in [1.29, 1.82) is 0 Å². The predicted octanol–water partition coefficient (Wildman–Crippen LogP) is 2.09. The highest BCUT2D eigenvalue weighted by molar-refractivity contribution is 5.84. The molecule has 0 aromatic heterocycles. The SMILES string of the molecule is CC1(C)CCN(CC(=O)C2CC2)CC1. The molecule has 1 saturated heterocycles. The van der Waals surface area contributed by atoms with Gasteiger partial charge in [0.05, 0.1) is 6.54 Å². The van der Waals surface area contributed by atoms with Crippen LogP contribution in [0.3, 0.4) is 0 Å². The van der Waals surface area contributed by atoms with Gasteiger partial charge in [-0.2, -0.15) is 0 Å². The number of rotatable bonds is 3. The molecule has 80 valence electrons. The van der Waals surface area contributed by atoms with Gasteiger partial charge in [0.1, 0.15) is 5.78 Å². The van der Waals surface area contributed by atoms with E-state index in [4.69, 9.17) is 0 Å². The lowest BCUT2D eigenvalue weighted by Gasteiger charge is -2.36. The van der Waals surface area contributed by atoms with Gasteiger partial charge in [-0.15, -0.1) is 0 Å². The molecule has 14 heavy (non-hydrogen) atoms. The first-order valence-electron chi connectivity index (χ1n) is 5.82. The van der Waals surface area contributed by atoms with Crippen LogP contribution in [0.2, 0.25) is 0 Å². The van der Waals surface area contributed by atoms with Crippen LogP contribution in [0.1, 0.15) is 39.5 Å². The number of piperidine rings is 1. The van der Waals surface area contributed by atoms with Gasteiger partial charge in [-0.25, -0.2) is 0 Å². The molecule has 0 spiro atoms. The third-order valence-electron chi connectivity index (χ3n) is 3.62. The van der Waals surface area contributed by atoms with Crippen molar-refractivity contribution in [1.82, 2.24) is 4.90 Å². The van der Waals surface area contributed by atoms with Crippen molar-refractivity contribution in [2.45, 2.75) is 39.5 Å². The maximum Gasteiger partial charge on any atom is 0.149 e. The molecule has 0 aromatic carbocycles. The van der Waals surface area contributed by atoms with Crippen molar-refractivity contribution in [3.05, 3.63) is 0 Å². The van der Waals surface area contributed by atoms with Gasteiger partial charge in [0, 0.05) is 5.92 Å². The summed E-state index contributed by atoms with van der Waals surface area (Å²) in [6.07, 6.45) is 4.78. The Morgan fingerprint density at radius 3 is 2.36 bits per heavy atom. The van der Waals surface area contributed by atoms with Crippen molar-refractivity contribution in [2.75, 3.05) is 19.6 Å². The molecule has 0 unspecified atom stereocenters. The van der Waals surface area contributed by atoms with Crippen LogP contribution >= 0.6 is 0 Å². The molecule has 0 atom stereocenters. The van der Waals surface area contributed by atoms with Crippen LogP contribution in [0.5, 0.6) is 0 Å². The quantitative estimate of drug-likeness (QED) is 0.687. The molecular formula is C12H21NO. The highest BCUT2D eigenvalue weighted by Crippen LogP contribution is 2.32. The molecule has 2 aliphatic rings. The van der Waals surface area contributed by atoms with Crippen LogP contribution in [-0.4, -0.2) is 30.3 Å². The highest BCUT2D eigenvalue weighted by Gasteiger charge is 2.32. The molecule has 0 amide bonds. The Kier molecular flexibility index (Phi) is 2.65. The highest BCUT2D eigenvalue weighted by atomic mass is 16.1. The zero-order valence-electron chi connectivity index (χ0n) is 9.38. The van der Waals surface area contributed by atoms with Crippen LogP contribution in [-0.2, 0) is 4.79 Å². The minimum atomic E-state index is 0.435. The fourth-order valence-corrected chi connectivity index (χ4v) is 2.07. The molecule has 1 heterocycles. The van der Waals surface area contributed by atoms with E-state index in [2.05, 4.69) is 18.7 Å². The van der Waals surface area contributed by atoms with Crippen molar-refractivity contribution in [3.8, 4) is 0 Å². The molecule has 1 aliphatic carbocycles. The summed E-state index contributed by atoms with van der Waals surface area (Å²) in [6.45, 7) is 7.61. The lowest BCUT2D eigenvalue weighted by molar-refractivity contribution is -0.121. The second-order valence-corrected chi connectivity index (χ2v) is 5.68. The van der Waals surface area contributed by atoms with Crippen LogP contribution in [0.25, 0.3) is 0 Å². The first-order valence-corrected chi connectivity index (χ1v) is 5.82. The van der Waals surface area contributed by atoms with Crippen molar-refractivity contribution in [2.24, 2.45) is 11.3 Å². The summed E-state index contributed by atoms with van der Waals surface area (Å²) >= 11 is 0. The molecular weight excluding hydrogens is 174 g/mol. The lowest BCUT2D eigenvalue weighted by Crippen LogP contribution is -2.40.